The molecule has 7 nitrogen and oxygen atoms in total. The summed E-state index contributed by atoms with van der Waals surface area (Å²) in [6.45, 7) is 3.75. The Kier molecular flexibility index (Phi) is 6.32. The van der Waals surface area contributed by atoms with Crippen LogP contribution in [0.1, 0.15) is 22.9 Å². The van der Waals surface area contributed by atoms with Gasteiger partial charge in [-0.1, -0.05) is 24.3 Å². The minimum atomic E-state index is -0.282. The number of carbonyl (C=O) groups excluding carboxylic acids is 1. The number of hydrogen-bond donors (Lipinski definition) is 0. The standard InChI is InChI=1S/C26H28N4O3/c1-32-22-8-6-20(7-9-22)23-14-27-15-24(28-23)25-17-30(12-13-33-25)26(31)18-29-11-10-19-4-2-3-5-21(19)16-29/h2-9,14-15,25H,10-13,16-18H2,1H3/t25-/m0/s1. The number of benzene rings is 2. The van der Waals surface area contributed by atoms with E-state index in [0.29, 0.717) is 26.2 Å². The number of ether oxygens (including phenoxy) is 2. The van der Waals surface area contributed by atoms with Crippen molar-refractivity contribution in [1.82, 2.24) is 19.8 Å². The van der Waals surface area contributed by atoms with E-state index < -0.39 is 0 Å². The lowest BCUT2D eigenvalue weighted by molar-refractivity contribution is -0.140. The van der Waals surface area contributed by atoms with E-state index in [-0.39, 0.29) is 12.0 Å². The predicted octanol–water partition coefficient (Wildman–Crippen LogP) is 3.11. The van der Waals surface area contributed by atoms with Crippen LogP contribution >= 0.6 is 0 Å². The molecule has 0 aliphatic carbocycles. The van der Waals surface area contributed by atoms with Crippen LogP contribution in [0.2, 0.25) is 0 Å². The van der Waals surface area contributed by atoms with Crippen LogP contribution in [-0.4, -0.2) is 65.6 Å². The lowest BCUT2D eigenvalue weighted by atomic mass is 10.00. The van der Waals surface area contributed by atoms with Gasteiger partial charge in [-0.15, -0.1) is 0 Å². The summed E-state index contributed by atoms with van der Waals surface area (Å²) < 4.78 is 11.2. The van der Waals surface area contributed by atoms with Crippen LogP contribution in [0.5, 0.6) is 5.75 Å². The summed E-state index contributed by atoms with van der Waals surface area (Å²) in [6.07, 6.45) is 4.18. The molecule has 1 saturated heterocycles. The summed E-state index contributed by atoms with van der Waals surface area (Å²) in [5.74, 6) is 0.937. The molecule has 170 valence electrons. The van der Waals surface area contributed by atoms with Gasteiger partial charge < -0.3 is 14.4 Å². The molecule has 1 amide bonds. The molecular weight excluding hydrogens is 416 g/mol. The van der Waals surface area contributed by atoms with Crippen molar-refractivity contribution in [3.8, 4) is 17.0 Å². The molecular formula is C26H28N4O3. The number of carbonyl (C=O) groups is 1. The van der Waals surface area contributed by atoms with Gasteiger partial charge in [0.25, 0.3) is 0 Å². The maximum Gasteiger partial charge on any atom is 0.236 e. The fraction of sp³-hybridized carbons (Fsp3) is 0.346. The van der Waals surface area contributed by atoms with E-state index in [1.165, 1.54) is 11.1 Å². The zero-order valence-electron chi connectivity index (χ0n) is 18.8. The zero-order valence-corrected chi connectivity index (χ0v) is 18.8. The van der Waals surface area contributed by atoms with Crippen molar-refractivity contribution in [3.63, 3.8) is 0 Å². The maximum atomic E-state index is 13.1. The molecule has 5 rings (SSSR count). The first-order chi connectivity index (χ1) is 16.2. The average molecular weight is 445 g/mol. The van der Waals surface area contributed by atoms with Crippen molar-refractivity contribution in [1.29, 1.82) is 0 Å². The van der Waals surface area contributed by atoms with E-state index in [0.717, 1.165) is 42.2 Å². The van der Waals surface area contributed by atoms with Gasteiger partial charge in [-0.05, 0) is 41.8 Å². The Morgan fingerprint density at radius 2 is 1.91 bits per heavy atom. The number of amides is 1. The molecule has 7 heteroatoms. The molecule has 3 aromatic rings. The second kappa shape index (κ2) is 9.68. The van der Waals surface area contributed by atoms with Crippen LogP contribution in [-0.2, 0) is 22.5 Å². The highest BCUT2D eigenvalue weighted by Gasteiger charge is 2.28. The Bertz CT molecular complexity index is 1120. The van der Waals surface area contributed by atoms with Crippen LogP contribution in [0.25, 0.3) is 11.3 Å². The number of methoxy groups -OCH3 is 1. The van der Waals surface area contributed by atoms with E-state index in [1.54, 1.807) is 19.5 Å². The first kappa shape index (κ1) is 21.6. The van der Waals surface area contributed by atoms with Crippen molar-refractivity contribution in [2.75, 3.05) is 39.9 Å². The summed E-state index contributed by atoms with van der Waals surface area (Å²) in [7, 11) is 1.65. The van der Waals surface area contributed by atoms with Gasteiger partial charge >= 0.3 is 0 Å². The molecule has 0 radical (unpaired) electrons. The summed E-state index contributed by atoms with van der Waals surface area (Å²) in [5, 5.41) is 0. The fourth-order valence-electron chi connectivity index (χ4n) is 4.47. The van der Waals surface area contributed by atoms with E-state index in [4.69, 9.17) is 14.5 Å². The zero-order chi connectivity index (χ0) is 22.6. The number of nitrogens with zero attached hydrogens (tertiary/aromatic N) is 4. The lowest BCUT2D eigenvalue weighted by Crippen LogP contribution is -2.47. The molecule has 33 heavy (non-hydrogen) atoms. The minimum Gasteiger partial charge on any atom is -0.497 e. The Morgan fingerprint density at radius 1 is 1.09 bits per heavy atom. The summed E-state index contributed by atoms with van der Waals surface area (Å²) >= 11 is 0. The minimum absolute atomic E-state index is 0.141. The highest BCUT2D eigenvalue weighted by molar-refractivity contribution is 5.78. The van der Waals surface area contributed by atoms with Crippen molar-refractivity contribution in [2.24, 2.45) is 0 Å². The van der Waals surface area contributed by atoms with Crippen molar-refractivity contribution >= 4 is 5.91 Å². The van der Waals surface area contributed by atoms with Crippen molar-refractivity contribution in [3.05, 3.63) is 77.7 Å². The predicted molar refractivity (Wildman–Crippen MR) is 125 cm³/mol. The summed E-state index contributed by atoms with van der Waals surface area (Å²) in [4.78, 5) is 26.4. The quantitative estimate of drug-likeness (QED) is 0.603. The van der Waals surface area contributed by atoms with Crippen LogP contribution in [0.4, 0.5) is 0 Å². The summed E-state index contributed by atoms with van der Waals surface area (Å²) in [5.41, 5.74) is 5.19. The molecule has 0 unspecified atom stereocenters. The number of fused-ring (bicyclic) bond motifs is 1. The molecule has 2 aliphatic heterocycles. The van der Waals surface area contributed by atoms with Crippen LogP contribution in [0, 0.1) is 0 Å². The van der Waals surface area contributed by atoms with Gasteiger partial charge in [0.1, 0.15) is 11.9 Å². The Hall–Kier alpha value is -3.29. The fourth-order valence-corrected chi connectivity index (χ4v) is 4.47. The van der Waals surface area contributed by atoms with Gasteiger partial charge in [-0.25, -0.2) is 4.98 Å². The third kappa shape index (κ3) is 4.89. The first-order valence-electron chi connectivity index (χ1n) is 11.3. The SMILES string of the molecule is COc1ccc(-c2cncc([C@@H]3CN(C(=O)CN4CCc5ccccc5C4)CCO3)n2)cc1. The molecule has 0 bridgehead atoms. The highest BCUT2D eigenvalue weighted by Crippen LogP contribution is 2.25. The summed E-state index contributed by atoms with van der Waals surface area (Å²) in [6, 6.07) is 16.2. The van der Waals surface area contributed by atoms with Gasteiger partial charge in [0.05, 0.1) is 50.6 Å². The van der Waals surface area contributed by atoms with E-state index in [1.807, 2.05) is 29.2 Å². The Balaban J connectivity index is 1.24. The third-order valence-corrected chi connectivity index (χ3v) is 6.36. The van der Waals surface area contributed by atoms with Gasteiger partial charge in [0, 0.05) is 25.2 Å². The topological polar surface area (TPSA) is 67.8 Å². The van der Waals surface area contributed by atoms with E-state index in [2.05, 4.69) is 34.1 Å². The number of hydrogen-bond acceptors (Lipinski definition) is 6. The Labute approximate surface area is 194 Å². The second-order valence-corrected chi connectivity index (χ2v) is 8.49. The van der Waals surface area contributed by atoms with Gasteiger partial charge in [-0.3, -0.25) is 14.7 Å². The Morgan fingerprint density at radius 3 is 2.73 bits per heavy atom. The molecule has 2 aliphatic rings. The first-order valence-corrected chi connectivity index (χ1v) is 11.3. The normalized spacial score (nSPS) is 18.6. The second-order valence-electron chi connectivity index (χ2n) is 8.49. The van der Waals surface area contributed by atoms with E-state index >= 15 is 0 Å². The van der Waals surface area contributed by atoms with Crippen molar-refractivity contribution in [2.45, 2.75) is 19.1 Å². The molecule has 0 saturated carbocycles. The molecule has 1 aromatic heterocycles. The largest absolute Gasteiger partial charge is 0.497 e. The number of aromatic nitrogens is 2. The molecule has 0 N–H and O–H groups in total. The molecule has 0 spiro atoms. The van der Waals surface area contributed by atoms with E-state index in [9.17, 15) is 4.79 Å². The van der Waals surface area contributed by atoms with Gasteiger partial charge in [0.2, 0.25) is 5.91 Å². The molecule has 2 aromatic carbocycles. The van der Waals surface area contributed by atoms with Crippen LogP contribution < -0.4 is 4.74 Å². The molecule has 3 heterocycles. The van der Waals surface area contributed by atoms with Crippen LogP contribution in [0.15, 0.2) is 60.9 Å². The third-order valence-electron chi connectivity index (χ3n) is 6.36. The molecule has 1 atom stereocenters. The monoisotopic (exact) mass is 444 g/mol. The van der Waals surface area contributed by atoms with Gasteiger partial charge in [0.15, 0.2) is 0 Å². The average Bonchev–Trinajstić information content (AvgIpc) is 2.89. The van der Waals surface area contributed by atoms with Crippen molar-refractivity contribution < 1.29 is 14.3 Å². The highest BCUT2D eigenvalue weighted by atomic mass is 16.5. The maximum absolute atomic E-state index is 13.1. The lowest BCUT2D eigenvalue weighted by Gasteiger charge is -2.35. The molecule has 1 fully saturated rings. The number of morpholine rings is 1. The van der Waals surface area contributed by atoms with Gasteiger partial charge in [-0.2, -0.15) is 0 Å². The smallest absolute Gasteiger partial charge is 0.236 e. The van der Waals surface area contributed by atoms with Crippen LogP contribution in [0.3, 0.4) is 0 Å². The number of rotatable bonds is 5.